The molecule has 0 aromatic heterocycles. The Kier molecular flexibility index (Phi) is 3.99. The third-order valence-electron chi connectivity index (χ3n) is 3.12. The maximum Gasteiger partial charge on any atom is 0.168 e. The predicted molar refractivity (Wildman–Crippen MR) is 70.0 cm³/mol. The maximum absolute atomic E-state index is 5.29. The van der Waals surface area contributed by atoms with Crippen LogP contribution in [0.15, 0.2) is 0 Å². The van der Waals surface area contributed by atoms with Crippen molar-refractivity contribution < 1.29 is 0 Å². The lowest BCUT2D eigenvalue weighted by molar-refractivity contribution is 0.160. The Labute approximate surface area is 99.4 Å². The highest BCUT2D eigenvalue weighted by Crippen LogP contribution is 2.38. The van der Waals surface area contributed by atoms with Gasteiger partial charge < -0.3 is 10.2 Å². The van der Waals surface area contributed by atoms with Crippen LogP contribution < -0.4 is 5.32 Å². The van der Waals surface area contributed by atoms with E-state index >= 15 is 0 Å². The summed E-state index contributed by atoms with van der Waals surface area (Å²) >= 11 is 5.29. The molecule has 0 saturated heterocycles. The van der Waals surface area contributed by atoms with Crippen molar-refractivity contribution in [2.24, 2.45) is 11.3 Å². The molecular weight excluding hydrogens is 204 g/mol. The summed E-state index contributed by atoms with van der Waals surface area (Å²) in [6, 6.07) is 0.554. The average Bonchev–Trinajstić information content (AvgIpc) is 1.99. The lowest BCUT2D eigenvalue weighted by atomic mass is 9.71. The summed E-state index contributed by atoms with van der Waals surface area (Å²) in [4.78, 5) is 1.97. The Bertz CT molecular complexity index is 236. The first-order valence-corrected chi connectivity index (χ1v) is 6.19. The van der Waals surface area contributed by atoms with Crippen LogP contribution >= 0.6 is 12.2 Å². The Balaban J connectivity index is 2.52. The van der Waals surface area contributed by atoms with Crippen LogP contribution in [0.1, 0.15) is 40.0 Å². The summed E-state index contributed by atoms with van der Waals surface area (Å²) in [5, 5.41) is 4.33. The summed E-state index contributed by atoms with van der Waals surface area (Å²) in [5.41, 5.74) is 0.456. The van der Waals surface area contributed by atoms with Crippen molar-refractivity contribution in [3.05, 3.63) is 0 Å². The van der Waals surface area contributed by atoms with Crippen molar-refractivity contribution in [1.82, 2.24) is 10.2 Å². The monoisotopic (exact) mass is 228 g/mol. The second-order valence-corrected chi connectivity index (χ2v) is 6.34. The van der Waals surface area contributed by atoms with Gasteiger partial charge in [0.2, 0.25) is 0 Å². The van der Waals surface area contributed by atoms with Crippen molar-refractivity contribution in [2.75, 3.05) is 14.1 Å². The van der Waals surface area contributed by atoms with Gasteiger partial charge in [-0.25, -0.2) is 0 Å². The van der Waals surface area contributed by atoms with Crippen LogP contribution in [0.4, 0.5) is 0 Å². The Morgan fingerprint density at radius 1 is 1.33 bits per heavy atom. The van der Waals surface area contributed by atoms with E-state index in [1.54, 1.807) is 0 Å². The molecule has 2 nitrogen and oxygen atoms in total. The van der Waals surface area contributed by atoms with Gasteiger partial charge >= 0.3 is 0 Å². The van der Waals surface area contributed by atoms with E-state index in [9.17, 15) is 0 Å². The van der Waals surface area contributed by atoms with Gasteiger partial charge in [-0.2, -0.15) is 0 Å². The minimum atomic E-state index is 0.456. The molecule has 1 aliphatic carbocycles. The molecule has 1 aliphatic rings. The van der Waals surface area contributed by atoms with Gasteiger partial charge in [0, 0.05) is 20.1 Å². The van der Waals surface area contributed by atoms with Crippen molar-refractivity contribution in [3.63, 3.8) is 0 Å². The third-order valence-corrected chi connectivity index (χ3v) is 3.60. The lowest BCUT2D eigenvalue weighted by Crippen LogP contribution is -2.46. The largest absolute Gasteiger partial charge is 0.360 e. The smallest absolute Gasteiger partial charge is 0.168 e. The van der Waals surface area contributed by atoms with Gasteiger partial charge in [0.25, 0.3) is 0 Å². The van der Waals surface area contributed by atoms with E-state index in [0.29, 0.717) is 11.5 Å². The molecule has 0 aromatic rings. The van der Waals surface area contributed by atoms with Gasteiger partial charge in [0.15, 0.2) is 5.11 Å². The zero-order valence-corrected chi connectivity index (χ0v) is 11.4. The van der Waals surface area contributed by atoms with Crippen LogP contribution in [0.3, 0.4) is 0 Å². The van der Waals surface area contributed by atoms with Crippen molar-refractivity contribution in [2.45, 2.75) is 46.1 Å². The van der Waals surface area contributed by atoms with Crippen LogP contribution in [-0.2, 0) is 0 Å². The van der Waals surface area contributed by atoms with Crippen molar-refractivity contribution in [1.29, 1.82) is 0 Å². The van der Waals surface area contributed by atoms with Crippen LogP contribution in [-0.4, -0.2) is 30.1 Å². The van der Waals surface area contributed by atoms with Crippen LogP contribution in [0, 0.1) is 11.3 Å². The molecule has 1 rings (SSSR count). The summed E-state index contributed by atoms with van der Waals surface area (Å²) < 4.78 is 0. The van der Waals surface area contributed by atoms with Gasteiger partial charge in [-0.1, -0.05) is 20.8 Å². The first-order chi connectivity index (χ1) is 6.80. The molecule has 0 radical (unpaired) electrons. The summed E-state index contributed by atoms with van der Waals surface area (Å²) in [5.74, 6) is 0.802. The molecule has 0 unspecified atom stereocenters. The van der Waals surface area contributed by atoms with Crippen molar-refractivity contribution in [3.8, 4) is 0 Å². The Morgan fingerprint density at radius 3 is 2.40 bits per heavy atom. The van der Waals surface area contributed by atoms with Gasteiger partial charge in [0.1, 0.15) is 0 Å². The molecule has 0 spiro atoms. The predicted octanol–water partition coefficient (Wildman–Crippen LogP) is 2.64. The van der Waals surface area contributed by atoms with E-state index < -0.39 is 0 Å². The average molecular weight is 228 g/mol. The normalized spacial score (nSPS) is 29.7. The lowest BCUT2D eigenvalue weighted by Gasteiger charge is -2.40. The molecule has 88 valence electrons. The van der Waals surface area contributed by atoms with Crippen molar-refractivity contribution >= 4 is 17.3 Å². The second-order valence-electron chi connectivity index (χ2n) is 5.95. The molecular formula is C12H24N2S. The number of nitrogens with one attached hydrogen (secondary N) is 1. The highest BCUT2D eigenvalue weighted by Gasteiger charge is 2.32. The maximum atomic E-state index is 5.29. The summed E-state index contributed by atoms with van der Waals surface area (Å²) in [7, 11) is 3.99. The zero-order chi connectivity index (χ0) is 11.6. The molecule has 0 bridgehead atoms. The molecule has 0 aliphatic heterocycles. The Hall–Kier alpha value is -0.310. The number of hydrogen-bond donors (Lipinski definition) is 1. The van der Waals surface area contributed by atoms with E-state index in [0.717, 1.165) is 11.0 Å². The Morgan fingerprint density at radius 2 is 1.93 bits per heavy atom. The molecule has 3 heteroatoms. The van der Waals surface area contributed by atoms with E-state index in [1.807, 2.05) is 19.0 Å². The second kappa shape index (κ2) is 4.69. The molecule has 1 N–H and O–H groups in total. The molecule has 2 atom stereocenters. The summed E-state index contributed by atoms with van der Waals surface area (Å²) in [6.45, 7) is 7.06. The molecule has 0 aromatic carbocycles. The fourth-order valence-corrected chi connectivity index (χ4v) is 2.93. The van der Waals surface area contributed by atoms with Crippen LogP contribution in [0.2, 0.25) is 0 Å². The number of hydrogen-bond acceptors (Lipinski definition) is 1. The van der Waals surface area contributed by atoms with E-state index in [4.69, 9.17) is 12.2 Å². The SMILES string of the molecule is C[C@H]1C[C@@H](NC(=S)N(C)C)CC(C)(C)C1. The molecule has 15 heavy (non-hydrogen) atoms. The first-order valence-electron chi connectivity index (χ1n) is 5.78. The molecule has 1 fully saturated rings. The van der Waals surface area contributed by atoms with Crippen LogP contribution in [0.5, 0.6) is 0 Å². The highest BCUT2D eigenvalue weighted by molar-refractivity contribution is 7.80. The minimum absolute atomic E-state index is 0.456. The quantitative estimate of drug-likeness (QED) is 0.695. The highest BCUT2D eigenvalue weighted by atomic mass is 32.1. The topological polar surface area (TPSA) is 15.3 Å². The van der Waals surface area contributed by atoms with E-state index in [-0.39, 0.29) is 0 Å². The van der Waals surface area contributed by atoms with Gasteiger partial charge in [0.05, 0.1) is 0 Å². The fourth-order valence-electron chi connectivity index (χ4n) is 2.76. The van der Waals surface area contributed by atoms with E-state index in [1.165, 1.54) is 19.3 Å². The molecule has 0 amide bonds. The van der Waals surface area contributed by atoms with Crippen LogP contribution in [0.25, 0.3) is 0 Å². The number of thiocarbonyl (C=S) groups is 1. The molecule has 1 saturated carbocycles. The van der Waals surface area contributed by atoms with E-state index in [2.05, 4.69) is 26.1 Å². The standard InChI is InChI=1S/C12H24N2S/c1-9-6-10(8-12(2,3)7-9)13-11(15)14(4)5/h9-10H,6-8H2,1-5H3,(H,13,15)/t9-,10+/m0/s1. The summed E-state index contributed by atoms with van der Waals surface area (Å²) in [6.07, 6.45) is 3.81. The van der Waals surface area contributed by atoms with Gasteiger partial charge in [-0.15, -0.1) is 0 Å². The number of rotatable bonds is 1. The first kappa shape index (κ1) is 12.8. The zero-order valence-electron chi connectivity index (χ0n) is 10.6. The van der Waals surface area contributed by atoms with Gasteiger partial charge in [-0.05, 0) is 42.8 Å². The number of nitrogens with zero attached hydrogens (tertiary/aromatic N) is 1. The molecule has 0 heterocycles. The fraction of sp³-hybridized carbons (Fsp3) is 0.917. The third kappa shape index (κ3) is 3.98. The minimum Gasteiger partial charge on any atom is -0.360 e. The van der Waals surface area contributed by atoms with Gasteiger partial charge in [-0.3, -0.25) is 0 Å².